The monoisotopic (exact) mass is 286 g/mol. The van der Waals surface area contributed by atoms with Crippen molar-refractivity contribution in [2.45, 2.75) is 25.9 Å². The number of amides is 2. The highest BCUT2D eigenvalue weighted by Gasteiger charge is 2.16. The largest absolute Gasteiger partial charge is 0.469 e. The van der Waals surface area contributed by atoms with E-state index in [1.54, 1.807) is 12.3 Å². The van der Waals surface area contributed by atoms with Gasteiger partial charge in [0.2, 0.25) is 0 Å². The van der Waals surface area contributed by atoms with Gasteiger partial charge in [0.15, 0.2) is 0 Å². The molecular formula is C16H18N2O3. The van der Waals surface area contributed by atoms with Crippen LogP contribution in [0.25, 0.3) is 0 Å². The number of carbonyl (C=O) groups excluding carboxylic acids is 2. The lowest BCUT2D eigenvalue weighted by molar-refractivity contribution is -0.139. The lowest BCUT2D eigenvalue weighted by Gasteiger charge is -2.12. The summed E-state index contributed by atoms with van der Waals surface area (Å²) in [4.78, 5) is 23.5. The number of benzene rings is 1. The number of rotatable bonds is 5. The smallest absolute Gasteiger partial charge is 0.309 e. The van der Waals surface area contributed by atoms with Crippen LogP contribution in [0.5, 0.6) is 0 Å². The molecule has 0 radical (unpaired) electrons. The van der Waals surface area contributed by atoms with Gasteiger partial charge >= 0.3 is 11.8 Å². The molecule has 1 atom stereocenters. The summed E-state index contributed by atoms with van der Waals surface area (Å²) >= 11 is 0. The molecule has 110 valence electrons. The molecule has 0 spiro atoms. The average Bonchev–Trinajstić information content (AvgIpc) is 2.98. The van der Waals surface area contributed by atoms with E-state index in [-0.39, 0.29) is 6.04 Å². The van der Waals surface area contributed by atoms with Gasteiger partial charge in [0.05, 0.1) is 6.26 Å². The van der Waals surface area contributed by atoms with E-state index in [1.165, 1.54) is 0 Å². The normalized spacial score (nSPS) is 11.7. The van der Waals surface area contributed by atoms with Crippen molar-refractivity contribution in [3.05, 3.63) is 60.1 Å². The summed E-state index contributed by atoms with van der Waals surface area (Å²) in [5.74, 6) is -0.498. The Balaban J connectivity index is 1.75. The zero-order valence-electron chi connectivity index (χ0n) is 11.8. The van der Waals surface area contributed by atoms with Crippen molar-refractivity contribution in [2.75, 3.05) is 0 Å². The minimum absolute atomic E-state index is 0.175. The molecule has 0 aliphatic rings. The van der Waals surface area contributed by atoms with E-state index in [2.05, 4.69) is 10.6 Å². The molecule has 0 saturated heterocycles. The van der Waals surface area contributed by atoms with Crippen LogP contribution in [-0.4, -0.2) is 17.9 Å². The van der Waals surface area contributed by atoms with Gasteiger partial charge in [-0.15, -0.1) is 0 Å². The van der Waals surface area contributed by atoms with Gasteiger partial charge in [0, 0.05) is 19.0 Å². The molecule has 0 aliphatic carbocycles. The fourth-order valence-corrected chi connectivity index (χ4v) is 1.93. The molecule has 21 heavy (non-hydrogen) atoms. The number of furan rings is 1. The van der Waals surface area contributed by atoms with Crippen LogP contribution >= 0.6 is 0 Å². The second-order valence-corrected chi connectivity index (χ2v) is 4.83. The zero-order chi connectivity index (χ0) is 15.1. The first kappa shape index (κ1) is 14.8. The molecule has 5 heteroatoms. The Morgan fingerprint density at radius 2 is 1.86 bits per heavy atom. The van der Waals surface area contributed by atoms with E-state index in [0.29, 0.717) is 13.0 Å². The molecular weight excluding hydrogens is 268 g/mol. The van der Waals surface area contributed by atoms with E-state index < -0.39 is 11.8 Å². The fourth-order valence-electron chi connectivity index (χ4n) is 1.93. The number of hydrogen-bond donors (Lipinski definition) is 2. The summed E-state index contributed by atoms with van der Waals surface area (Å²) in [7, 11) is 0. The predicted octanol–water partition coefficient (Wildman–Crippen LogP) is 1.64. The molecule has 2 N–H and O–H groups in total. The van der Waals surface area contributed by atoms with E-state index in [1.807, 2.05) is 43.3 Å². The molecule has 1 unspecified atom stereocenters. The third kappa shape index (κ3) is 4.80. The first-order valence-electron chi connectivity index (χ1n) is 6.80. The highest BCUT2D eigenvalue weighted by atomic mass is 16.3. The van der Waals surface area contributed by atoms with Gasteiger partial charge in [-0.1, -0.05) is 30.3 Å². The molecule has 0 saturated carbocycles. The van der Waals surface area contributed by atoms with Gasteiger partial charge in [0.1, 0.15) is 5.76 Å². The predicted molar refractivity (Wildman–Crippen MR) is 78.3 cm³/mol. The Labute approximate surface area is 123 Å². The maximum atomic E-state index is 11.7. The Hall–Kier alpha value is -2.56. The summed E-state index contributed by atoms with van der Waals surface area (Å²) < 4.78 is 5.20. The van der Waals surface area contributed by atoms with Crippen molar-refractivity contribution in [1.82, 2.24) is 10.6 Å². The van der Waals surface area contributed by atoms with Crippen molar-refractivity contribution < 1.29 is 14.0 Å². The summed E-state index contributed by atoms with van der Waals surface area (Å²) in [5.41, 5.74) is 0.947. The quantitative estimate of drug-likeness (QED) is 0.821. The number of hydrogen-bond acceptors (Lipinski definition) is 3. The second kappa shape index (κ2) is 7.28. The highest BCUT2D eigenvalue weighted by Crippen LogP contribution is 2.03. The van der Waals surface area contributed by atoms with Gasteiger partial charge in [-0.25, -0.2) is 0 Å². The van der Waals surface area contributed by atoms with Crippen molar-refractivity contribution in [2.24, 2.45) is 0 Å². The second-order valence-electron chi connectivity index (χ2n) is 4.83. The SMILES string of the molecule is CC(Cc1ccco1)NC(=O)C(=O)NCc1ccccc1. The molecule has 0 aliphatic heterocycles. The molecule has 1 aromatic heterocycles. The standard InChI is InChI=1S/C16H18N2O3/c1-12(10-14-8-5-9-21-14)18-16(20)15(19)17-11-13-6-3-2-4-7-13/h2-9,12H,10-11H2,1H3,(H,17,19)(H,18,20). The lowest BCUT2D eigenvalue weighted by atomic mass is 10.2. The van der Waals surface area contributed by atoms with Gasteiger partial charge in [0.25, 0.3) is 0 Å². The van der Waals surface area contributed by atoms with Crippen molar-refractivity contribution >= 4 is 11.8 Å². The third-order valence-corrected chi connectivity index (χ3v) is 2.97. The van der Waals surface area contributed by atoms with Crippen LogP contribution in [0.4, 0.5) is 0 Å². The average molecular weight is 286 g/mol. The first-order valence-corrected chi connectivity index (χ1v) is 6.80. The Morgan fingerprint density at radius 1 is 1.10 bits per heavy atom. The molecule has 5 nitrogen and oxygen atoms in total. The van der Waals surface area contributed by atoms with Crippen molar-refractivity contribution in [3.8, 4) is 0 Å². The van der Waals surface area contributed by atoms with E-state index in [4.69, 9.17) is 4.42 Å². The highest BCUT2D eigenvalue weighted by molar-refractivity contribution is 6.35. The molecule has 0 fully saturated rings. The van der Waals surface area contributed by atoms with E-state index in [0.717, 1.165) is 11.3 Å². The fraction of sp³-hybridized carbons (Fsp3) is 0.250. The molecule has 1 aromatic carbocycles. The van der Waals surface area contributed by atoms with E-state index >= 15 is 0 Å². The summed E-state index contributed by atoms with van der Waals surface area (Å²) in [6.45, 7) is 2.16. The summed E-state index contributed by atoms with van der Waals surface area (Å²) in [6.07, 6.45) is 2.13. The van der Waals surface area contributed by atoms with Crippen LogP contribution in [0.15, 0.2) is 53.1 Å². The van der Waals surface area contributed by atoms with Crippen LogP contribution in [0.1, 0.15) is 18.2 Å². The minimum Gasteiger partial charge on any atom is -0.469 e. The van der Waals surface area contributed by atoms with Crippen LogP contribution in [0.2, 0.25) is 0 Å². The van der Waals surface area contributed by atoms with Crippen LogP contribution in [0, 0.1) is 0 Å². The van der Waals surface area contributed by atoms with Gasteiger partial charge in [-0.2, -0.15) is 0 Å². The van der Waals surface area contributed by atoms with Crippen LogP contribution < -0.4 is 10.6 Å². The summed E-state index contributed by atoms with van der Waals surface area (Å²) in [6, 6.07) is 12.9. The van der Waals surface area contributed by atoms with Gasteiger partial charge in [-0.3, -0.25) is 9.59 Å². The van der Waals surface area contributed by atoms with Crippen LogP contribution in [0.3, 0.4) is 0 Å². The minimum atomic E-state index is -0.634. The summed E-state index contributed by atoms with van der Waals surface area (Å²) in [5, 5.41) is 5.23. The first-order chi connectivity index (χ1) is 10.1. The molecule has 1 heterocycles. The number of nitrogens with one attached hydrogen (secondary N) is 2. The Morgan fingerprint density at radius 3 is 2.52 bits per heavy atom. The molecule has 2 amide bonds. The molecule has 0 bridgehead atoms. The van der Waals surface area contributed by atoms with Crippen LogP contribution in [-0.2, 0) is 22.6 Å². The van der Waals surface area contributed by atoms with Crippen molar-refractivity contribution in [1.29, 1.82) is 0 Å². The third-order valence-electron chi connectivity index (χ3n) is 2.97. The van der Waals surface area contributed by atoms with Crippen molar-refractivity contribution in [3.63, 3.8) is 0 Å². The maximum Gasteiger partial charge on any atom is 0.309 e. The lowest BCUT2D eigenvalue weighted by Crippen LogP contribution is -2.44. The molecule has 2 aromatic rings. The zero-order valence-corrected chi connectivity index (χ0v) is 11.8. The van der Waals surface area contributed by atoms with Gasteiger partial charge < -0.3 is 15.1 Å². The Bertz CT molecular complexity index is 579. The maximum absolute atomic E-state index is 11.7. The number of carbonyl (C=O) groups is 2. The molecule has 2 rings (SSSR count). The van der Waals surface area contributed by atoms with E-state index in [9.17, 15) is 9.59 Å². The Kier molecular flexibility index (Phi) is 5.15. The topological polar surface area (TPSA) is 71.3 Å². The van der Waals surface area contributed by atoms with Gasteiger partial charge in [-0.05, 0) is 24.6 Å².